The van der Waals surface area contributed by atoms with E-state index in [9.17, 15) is 5.26 Å². The van der Waals surface area contributed by atoms with Gasteiger partial charge in [0.1, 0.15) is 11.2 Å². The molecule has 0 spiro atoms. The number of ether oxygens (including phenoxy) is 2. The lowest BCUT2D eigenvalue weighted by atomic mass is 9.87. The van der Waals surface area contributed by atoms with E-state index in [2.05, 4.69) is 17.0 Å². The summed E-state index contributed by atoms with van der Waals surface area (Å²) < 4.78 is 10.4. The molecule has 2 rings (SSSR count). The molecular formula is C14H18N2O2. The number of methoxy groups -OCH3 is 1. The summed E-state index contributed by atoms with van der Waals surface area (Å²) in [5.41, 5.74) is 1.84. The van der Waals surface area contributed by atoms with Gasteiger partial charge in [0.05, 0.1) is 26.4 Å². The van der Waals surface area contributed by atoms with Crippen LogP contribution < -0.4 is 9.64 Å². The number of nitrogens with zero attached hydrogens (tertiary/aromatic N) is 2. The molecular weight excluding hydrogens is 228 g/mol. The van der Waals surface area contributed by atoms with E-state index in [1.54, 1.807) is 7.11 Å². The molecule has 1 fully saturated rings. The largest absolute Gasteiger partial charge is 0.496 e. The third-order valence-electron chi connectivity index (χ3n) is 3.35. The maximum Gasteiger partial charge on any atom is 0.121 e. The van der Waals surface area contributed by atoms with Gasteiger partial charge in [-0.3, -0.25) is 0 Å². The van der Waals surface area contributed by atoms with E-state index >= 15 is 0 Å². The van der Waals surface area contributed by atoms with Gasteiger partial charge >= 0.3 is 0 Å². The molecule has 18 heavy (non-hydrogen) atoms. The molecule has 1 heterocycles. The Morgan fingerprint density at radius 2 is 2.22 bits per heavy atom. The van der Waals surface area contributed by atoms with Crippen molar-refractivity contribution in [2.24, 2.45) is 5.41 Å². The predicted molar refractivity (Wildman–Crippen MR) is 69.9 cm³/mol. The van der Waals surface area contributed by atoms with E-state index in [-0.39, 0.29) is 5.41 Å². The monoisotopic (exact) mass is 246 g/mol. The molecule has 0 aliphatic carbocycles. The van der Waals surface area contributed by atoms with Crippen LogP contribution in [0.15, 0.2) is 18.2 Å². The zero-order valence-corrected chi connectivity index (χ0v) is 11.1. The van der Waals surface area contributed by atoms with Gasteiger partial charge in [0, 0.05) is 19.3 Å². The van der Waals surface area contributed by atoms with Gasteiger partial charge in [-0.1, -0.05) is 0 Å². The van der Waals surface area contributed by atoms with Gasteiger partial charge in [-0.25, -0.2) is 0 Å². The fraction of sp³-hybridized carbons (Fsp3) is 0.500. The topological polar surface area (TPSA) is 45.5 Å². The summed E-state index contributed by atoms with van der Waals surface area (Å²) in [6, 6.07) is 8.40. The second-order valence-corrected chi connectivity index (χ2v) is 4.89. The highest BCUT2D eigenvalue weighted by Crippen LogP contribution is 2.30. The van der Waals surface area contributed by atoms with Crippen LogP contribution in [0.2, 0.25) is 0 Å². The Morgan fingerprint density at radius 3 is 2.67 bits per heavy atom. The first-order valence-electron chi connectivity index (χ1n) is 5.95. The van der Waals surface area contributed by atoms with Crippen LogP contribution in [0.4, 0.5) is 5.69 Å². The molecule has 96 valence electrons. The maximum absolute atomic E-state index is 9.19. The number of hydrogen-bond acceptors (Lipinski definition) is 4. The van der Waals surface area contributed by atoms with Crippen LogP contribution in [-0.2, 0) is 4.74 Å². The lowest BCUT2D eigenvalue weighted by Crippen LogP contribution is -2.49. The van der Waals surface area contributed by atoms with E-state index in [0.29, 0.717) is 19.8 Å². The van der Waals surface area contributed by atoms with Gasteiger partial charge in [0.25, 0.3) is 0 Å². The summed E-state index contributed by atoms with van der Waals surface area (Å²) in [7, 11) is 3.67. The number of hydrogen-bond donors (Lipinski definition) is 0. The highest BCUT2D eigenvalue weighted by molar-refractivity contribution is 5.52. The average Bonchev–Trinajstić information content (AvgIpc) is 2.33. The minimum Gasteiger partial charge on any atom is -0.496 e. The summed E-state index contributed by atoms with van der Waals surface area (Å²) in [5.74, 6) is 0.883. The molecule has 0 saturated carbocycles. The van der Waals surface area contributed by atoms with Gasteiger partial charge in [-0.15, -0.1) is 0 Å². The lowest BCUT2D eigenvalue weighted by molar-refractivity contribution is -0.0716. The number of aryl methyl sites for hydroxylation is 1. The second-order valence-electron chi connectivity index (χ2n) is 4.89. The molecule has 1 saturated heterocycles. The lowest BCUT2D eigenvalue weighted by Gasteiger charge is -2.38. The molecule has 0 unspecified atom stereocenters. The summed E-state index contributed by atoms with van der Waals surface area (Å²) in [6.45, 7) is 3.77. The molecule has 1 aromatic carbocycles. The van der Waals surface area contributed by atoms with Crippen molar-refractivity contribution in [3.63, 3.8) is 0 Å². The highest BCUT2D eigenvalue weighted by Gasteiger charge is 2.40. The van der Waals surface area contributed by atoms with Crippen molar-refractivity contribution in [2.45, 2.75) is 6.92 Å². The Balaban J connectivity index is 2.12. The smallest absolute Gasteiger partial charge is 0.121 e. The van der Waals surface area contributed by atoms with E-state index in [1.807, 2.05) is 26.1 Å². The van der Waals surface area contributed by atoms with Crippen molar-refractivity contribution in [1.82, 2.24) is 0 Å². The van der Waals surface area contributed by atoms with Crippen LogP contribution in [0.3, 0.4) is 0 Å². The van der Waals surface area contributed by atoms with Crippen molar-refractivity contribution < 1.29 is 9.47 Å². The van der Waals surface area contributed by atoms with Gasteiger partial charge in [-0.05, 0) is 30.7 Å². The summed E-state index contributed by atoms with van der Waals surface area (Å²) in [5, 5.41) is 9.19. The zero-order valence-electron chi connectivity index (χ0n) is 11.1. The van der Waals surface area contributed by atoms with Crippen LogP contribution in [0.5, 0.6) is 5.75 Å². The first-order chi connectivity index (χ1) is 8.60. The molecule has 0 bridgehead atoms. The van der Waals surface area contributed by atoms with Crippen molar-refractivity contribution in [1.29, 1.82) is 5.26 Å². The van der Waals surface area contributed by atoms with Crippen molar-refractivity contribution in [2.75, 3.05) is 38.8 Å². The zero-order chi connectivity index (χ0) is 13.2. The Morgan fingerprint density at radius 1 is 1.50 bits per heavy atom. The van der Waals surface area contributed by atoms with Gasteiger partial charge in [0.2, 0.25) is 0 Å². The van der Waals surface area contributed by atoms with Crippen molar-refractivity contribution >= 4 is 5.69 Å². The van der Waals surface area contributed by atoms with Crippen LogP contribution in [0.25, 0.3) is 0 Å². The first-order valence-corrected chi connectivity index (χ1v) is 5.95. The number of nitriles is 1. The Labute approximate surface area is 108 Å². The van der Waals surface area contributed by atoms with Gasteiger partial charge in [0.15, 0.2) is 0 Å². The van der Waals surface area contributed by atoms with E-state index < -0.39 is 0 Å². The molecule has 4 heteroatoms. The number of anilines is 1. The highest BCUT2D eigenvalue weighted by atomic mass is 16.5. The third-order valence-corrected chi connectivity index (χ3v) is 3.35. The Bertz CT molecular complexity index is 475. The molecule has 1 aliphatic rings. The van der Waals surface area contributed by atoms with Crippen LogP contribution in [-0.4, -0.2) is 33.9 Å². The van der Waals surface area contributed by atoms with E-state index in [0.717, 1.165) is 17.0 Å². The minimum atomic E-state index is -0.345. The molecule has 0 radical (unpaired) electrons. The van der Waals surface area contributed by atoms with Crippen LogP contribution in [0.1, 0.15) is 5.56 Å². The molecule has 0 aromatic heterocycles. The molecule has 4 nitrogen and oxygen atoms in total. The van der Waals surface area contributed by atoms with Crippen LogP contribution >= 0.6 is 0 Å². The standard InChI is InChI=1S/C14H18N2O2/c1-11-6-12(4-5-13(11)17-3)16(2)8-14(7-15)9-18-10-14/h4-6H,8-10H2,1-3H3. The minimum absolute atomic E-state index is 0.345. The average molecular weight is 246 g/mol. The molecule has 1 aliphatic heterocycles. The summed E-state index contributed by atoms with van der Waals surface area (Å²) in [4.78, 5) is 2.10. The van der Waals surface area contributed by atoms with Gasteiger partial charge < -0.3 is 14.4 Å². The summed E-state index contributed by atoms with van der Waals surface area (Å²) in [6.07, 6.45) is 0. The van der Waals surface area contributed by atoms with Crippen LogP contribution in [0, 0.1) is 23.7 Å². The number of benzene rings is 1. The van der Waals surface area contributed by atoms with Crippen molar-refractivity contribution in [3.05, 3.63) is 23.8 Å². The van der Waals surface area contributed by atoms with Gasteiger partial charge in [-0.2, -0.15) is 5.26 Å². The normalized spacial score (nSPS) is 16.6. The quantitative estimate of drug-likeness (QED) is 0.815. The third kappa shape index (κ3) is 2.27. The molecule has 1 aromatic rings. The molecule has 0 N–H and O–H groups in total. The number of rotatable bonds is 4. The molecule has 0 amide bonds. The molecule has 0 atom stereocenters. The predicted octanol–water partition coefficient (Wildman–Crippen LogP) is 1.98. The Kier molecular flexibility index (Phi) is 3.44. The van der Waals surface area contributed by atoms with E-state index in [4.69, 9.17) is 9.47 Å². The maximum atomic E-state index is 9.19. The van der Waals surface area contributed by atoms with E-state index in [1.165, 1.54) is 0 Å². The second kappa shape index (κ2) is 4.87. The van der Waals surface area contributed by atoms with Crippen molar-refractivity contribution in [3.8, 4) is 11.8 Å². The Hall–Kier alpha value is -1.73. The fourth-order valence-corrected chi connectivity index (χ4v) is 2.18. The SMILES string of the molecule is COc1ccc(N(C)CC2(C#N)COC2)cc1C. The summed E-state index contributed by atoms with van der Waals surface area (Å²) >= 11 is 0. The fourth-order valence-electron chi connectivity index (χ4n) is 2.18. The first kappa shape index (κ1) is 12.7.